The molecule has 1 aliphatic rings. The number of benzene rings is 1. The van der Waals surface area contributed by atoms with Crippen molar-refractivity contribution in [1.82, 2.24) is 10.3 Å². The van der Waals surface area contributed by atoms with Crippen LogP contribution in [0.25, 0.3) is 0 Å². The summed E-state index contributed by atoms with van der Waals surface area (Å²) in [5, 5.41) is 0. The lowest BCUT2D eigenvalue weighted by atomic mass is 10.0. The van der Waals surface area contributed by atoms with Crippen molar-refractivity contribution in [2.24, 2.45) is 5.84 Å². The molecular weight excluding hydrogens is 198 g/mol. The number of nitrogens with zero attached hydrogens (tertiary/aromatic N) is 1. The van der Waals surface area contributed by atoms with Gasteiger partial charge in [0.15, 0.2) is 0 Å². The topological polar surface area (TPSA) is 41.3 Å². The Morgan fingerprint density at radius 1 is 1.19 bits per heavy atom. The molecule has 0 unspecified atom stereocenters. The largest absolute Gasteiger partial charge is 0.303 e. The van der Waals surface area contributed by atoms with Crippen molar-refractivity contribution in [3.63, 3.8) is 0 Å². The Bertz CT molecular complexity index is 291. The molecule has 0 radical (unpaired) electrons. The summed E-state index contributed by atoms with van der Waals surface area (Å²) in [5.41, 5.74) is 4.30. The van der Waals surface area contributed by atoms with Crippen molar-refractivity contribution >= 4 is 0 Å². The van der Waals surface area contributed by atoms with E-state index in [-0.39, 0.29) is 0 Å². The average molecular weight is 219 g/mol. The standard InChI is InChI=1S/C13H21N3/c14-15-13-7-10-16(11-8-13)9-6-12-4-2-1-3-5-12/h1-5,13,15H,6-11,14H2. The fourth-order valence-corrected chi connectivity index (χ4v) is 2.26. The van der Waals surface area contributed by atoms with Gasteiger partial charge < -0.3 is 4.90 Å². The molecule has 1 aromatic rings. The normalized spacial score (nSPS) is 18.8. The molecule has 16 heavy (non-hydrogen) atoms. The maximum atomic E-state index is 5.45. The minimum atomic E-state index is 0.521. The van der Waals surface area contributed by atoms with Crippen molar-refractivity contribution < 1.29 is 0 Å². The highest BCUT2D eigenvalue weighted by atomic mass is 15.2. The zero-order valence-corrected chi connectivity index (χ0v) is 9.73. The van der Waals surface area contributed by atoms with Gasteiger partial charge in [0.2, 0.25) is 0 Å². The summed E-state index contributed by atoms with van der Waals surface area (Å²) in [4.78, 5) is 2.53. The van der Waals surface area contributed by atoms with Crippen LogP contribution < -0.4 is 11.3 Å². The second kappa shape index (κ2) is 5.99. The van der Waals surface area contributed by atoms with E-state index in [1.54, 1.807) is 0 Å². The van der Waals surface area contributed by atoms with Gasteiger partial charge in [-0.3, -0.25) is 11.3 Å². The number of nitrogens with one attached hydrogen (secondary N) is 1. The molecule has 0 amide bonds. The summed E-state index contributed by atoms with van der Waals surface area (Å²) in [6, 6.07) is 11.2. The highest BCUT2D eigenvalue weighted by Crippen LogP contribution is 2.10. The van der Waals surface area contributed by atoms with Crippen molar-refractivity contribution in [1.29, 1.82) is 0 Å². The Labute approximate surface area is 97.6 Å². The predicted molar refractivity (Wildman–Crippen MR) is 66.9 cm³/mol. The van der Waals surface area contributed by atoms with Gasteiger partial charge in [-0.25, -0.2) is 0 Å². The number of hydrogen-bond acceptors (Lipinski definition) is 3. The lowest BCUT2D eigenvalue weighted by molar-refractivity contribution is 0.200. The van der Waals surface area contributed by atoms with E-state index in [4.69, 9.17) is 5.84 Å². The first-order valence-corrected chi connectivity index (χ1v) is 6.11. The van der Waals surface area contributed by atoms with E-state index in [0.29, 0.717) is 6.04 Å². The van der Waals surface area contributed by atoms with E-state index >= 15 is 0 Å². The van der Waals surface area contributed by atoms with Gasteiger partial charge >= 0.3 is 0 Å². The molecule has 0 spiro atoms. The summed E-state index contributed by atoms with van der Waals surface area (Å²) in [6.45, 7) is 3.50. The molecule has 2 rings (SSSR count). The Morgan fingerprint density at radius 2 is 1.88 bits per heavy atom. The van der Waals surface area contributed by atoms with Gasteiger partial charge in [0, 0.05) is 12.6 Å². The molecule has 1 aromatic carbocycles. The van der Waals surface area contributed by atoms with E-state index in [2.05, 4.69) is 40.7 Å². The van der Waals surface area contributed by atoms with Crippen LogP contribution in [0.5, 0.6) is 0 Å². The van der Waals surface area contributed by atoms with Crippen LogP contribution >= 0.6 is 0 Å². The second-order valence-electron chi connectivity index (χ2n) is 4.52. The third-order valence-corrected chi connectivity index (χ3v) is 3.38. The molecule has 0 bridgehead atoms. The number of nitrogens with two attached hydrogens (primary N) is 1. The molecule has 3 heteroatoms. The number of likely N-dealkylation sites (tertiary alicyclic amines) is 1. The van der Waals surface area contributed by atoms with Crippen LogP contribution in [0.15, 0.2) is 30.3 Å². The maximum absolute atomic E-state index is 5.45. The molecule has 1 fully saturated rings. The first-order valence-electron chi connectivity index (χ1n) is 6.11. The third kappa shape index (κ3) is 3.30. The molecule has 0 aliphatic carbocycles. The van der Waals surface area contributed by atoms with Crippen LogP contribution in [-0.2, 0) is 6.42 Å². The molecule has 0 aromatic heterocycles. The summed E-state index contributed by atoms with van der Waals surface area (Å²) in [7, 11) is 0. The zero-order valence-electron chi connectivity index (χ0n) is 9.73. The highest BCUT2D eigenvalue weighted by Gasteiger charge is 2.17. The number of rotatable bonds is 4. The fraction of sp³-hybridized carbons (Fsp3) is 0.538. The molecule has 3 N–H and O–H groups in total. The average Bonchev–Trinajstić information content (AvgIpc) is 2.38. The maximum Gasteiger partial charge on any atom is 0.0234 e. The third-order valence-electron chi connectivity index (χ3n) is 3.38. The lowest BCUT2D eigenvalue weighted by Gasteiger charge is -2.31. The molecule has 0 atom stereocenters. The Hall–Kier alpha value is -0.900. The monoisotopic (exact) mass is 219 g/mol. The van der Waals surface area contributed by atoms with Crippen LogP contribution in [0.4, 0.5) is 0 Å². The van der Waals surface area contributed by atoms with Gasteiger partial charge in [0.25, 0.3) is 0 Å². The van der Waals surface area contributed by atoms with Gasteiger partial charge in [-0.2, -0.15) is 0 Å². The second-order valence-corrected chi connectivity index (χ2v) is 4.52. The van der Waals surface area contributed by atoms with Gasteiger partial charge in [-0.1, -0.05) is 30.3 Å². The zero-order chi connectivity index (χ0) is 11.2. The van der Waals surface area contributed by atoms with E-state index in [9.17, 15) is 0 Å². The van der Waals surface area contributed by atoms with Gasteiger partial charge in [-0.05, 0) is 37.9 Å². The van der Waals surface area contributed by atoms with Crippen molar-refractivity contribution in [3.05, 3.63) is 35.9 Å². The van der Waals surface area contributed by atoms with Crippen molar-refractivity contribution in [3.8, 4) is 0 Å². The Kier molecular flexibility index (Phi) is 4.34. The quantitative estimate of drug-likeness (QED) is 0.590. The minimum Gasteiger partial charge on any atom is -0.303 e. The predicted octanol–water partition coefficient (Wildman–Crippen LogP) is 1.16. The Balaban J connectivity index is 1.72. The molecule has 3 nitrogen and oxygen atoms in total. The van der Waals surface area contributed by atoms with Crippen LogP contribution in [-0.4, -0.2) is 30.6 Å². The summed E-state index contributed by atoms with van der Waals surface area (Å²) in [5.74, 6) is 5.45. The van der Waals surface area contributed by atoms with E-state index < -0.39 is 0 Å². The first kappa shape index (κ1) is 11.6. The number of piperidine rings is 1. The van der Waals surface area contributed by atoms with Gasteiger partial charge in [-0.15, -0.1) is 0 Å². The molecule has 1 saturated heterocycles. The van der Waals surface area contributed by atoms with Crippen LogP contribution in [0.3, 0.4) is 0 Å². The van der Waals surface area contributed by atoms with E-state index in [0.717, 1.165) is 6.42 Å². The van der Waals surface area contributed by atoms with Crippen molar-refractivity contribution in [2.75, 3.05) is 19.6 Å². The smallest absolute Gasteiger partial charge is 0.0234 e. The van der Waals surface area contributed by atoms with Crippen molar-refractivity contribution in [2.45, 2.75) is 25.3 Å². The highest BCUT2D eigenvalue weighted by molar-refractivity contribution is 5.14. The van der Waals surface area contributed by atoms with E-state index in [1.807, 2.05) is 0 Å². The SMILES string of the molecule is NNC1CCN(CCc2ccccc2)CC1. The van der Waals surface area contributed by atoms with E-state index in [1.165, 1.54) is 38.0 Å². The van der Waals surface area contributed by atoms with Crippen LogP contribution in [0.2, 0.25) is 0 Å². The molecular formula is C13H21N3. The number of hydrogen-bond donors (Lipinski definition) is 2. The molecule has 1 aliphatic heterocycles. The number of hydrazine groups is 1. The molecule has 88 valence electrons. The van der Waals surface area contributed by atoms with Crippen LogP contribution in [0, 0.1) is 0 Å². The minimum absolute atomic E-state index is 0.521. The summed E-state index contributed by atoms with van der Waals surface area (Å²) < 4.78 is 0. The first-order chi connectivity index (χ1) is 7.88. The summed E-state index contributed by atoms with van der Waals surface area (Å²) in [6.07, 6.45) is 3.50. The van der Waals surface area contributed by atoms with Gasteiger partial charge in [0.05, 0.1) is 0 Å². The fourth-order valence-electron chi connectivity index (χ4n) is 2.26. The molecule has 0 saturated carbocycles. The van der Waals surface area contributed by atoms with Crippen LogP contribution in [0.1, 0.15) is 18.4 Å². The summed E-state index contributed by atoms with van der Waals surface area (Å²) >= 11 is 0. The Morgan fingerprint density at radius 3 is 2.50 bits per heavy atom. The lowest BCUT2D eigenvalue weighted by Crippen LogP contribution is -2.45. The van der Waals surface area contributed by atoms with Gasteiger partial charge in [0.1, 0.15) is 0 Å². The molecule has 1 heterocycles.